The SMILES string of the molecule is CCc1cc(CC(=O)C(=O)O)cnc1N.CCc1cc(NC(=O)C(=O)N2C[C@@H](C)CC[C@@H]2c2ccc3sc(C4CCN(C)C(C)(C)C4)nc3c2)cnc1N.C[C@H]1CC[C@H](c2ccc3sc(C4CCN(C)C(C)(C)C4)nc3c2)NC1. The number of carbonyl (C=O) groups is 4. The van der Waals surface area contributed by atoms with Gasteiger partial charge in [0.1, 0.15) is 11.6 Å². The highest BCUT2D eigenvalue weighted by Crippen LogP contribution is 2.43. The fourth-order valence-corrected chi connectivity index (χ4v) is 13.7. The fourth-order valence-electron chi connectivity index (χ4n) is 11.6. The second-order valence-electron chi connectivity index (χ2n) is 23.9. The minimum Gasteiger partial charge on any atom is -0.475 e. The highest BCUT2D eigenvalue weighted by atomic mass is 32.1. The molecule has 0 bridgehead atoms. The van der Waals surface area contributed by atoms with Crippen LogP contribution < -0.4 is 22.1 Å². The molecule has 10 rings (SSSR count). The number of ketones is 1. The summed E-state index contributed by atoms with van der Waals surface area (Å²) < 4.78 is 2.52. The van der Waals surface area contributed by atoms with Crippen LogP contribution in [0, 0.1) is 11.8 Å². The molecule has 4 aliphatic rings. The van der Waals surface area contributed by atoms with E-state index in [1.807, 2.05) is 25.2 Å². The van der Waals surface area contributed by atoms with Gasteiger partial charge in [-0.2, -0.15) is 0 Å². The molecule has 424 valence electrons. The molecule has 4 aromatic heterocycles. The second kappa shape index (κ2) is 25.3. The molecule has 6 aromatic rings. The first-order valence-electron chi connectivity index (χ1n) is 28.3. The van der Waals surface area contributed by atoms with Crippen molar-refractivity contribution in [3.05, 3.63) is 98.8 Å². The fraction of sp³-hybridized carbons (Fsp3) is 0.541. The third kappa shape index (κ3) is 14.3. The zero-order valence-electron chi connectivity index (χ0n) is 48.0. The first-order chi connectivity index (χ1) is 37.5. The Kier molecular flexibility index (Phi) is 18.9. The Morgan fingerprint density at radius 3 is 1.81 bits per heavy atom. The highest BCUT2D eigenvalue weighted by Gasteiger charge is 2.37. The first-order valence-corrected chi connectivity index (χ1v) is 30.0. The number of aromatic nitrogens is 4. The topological polar surface area (TPSA) is 226 Å². The summed E-state index contributed by atoms with van der Waals surface area (Å²) in [5, 5.41) is 17.4. The lowest BCUT2D eigenvalue weighted by Gasteiger charge is -2.43. The van der Waals surface area contributed by atoms with Crippen LogP contribution in [0.3, 0.4) is 0 Å². The van der Waals surface area contributed by atoms with E-state index in [-0.39, 0.29) is 23.5 Å². The van der Waals surface area contributed by atoms with Gasteiger partial charge in [0.15, 0.2) is 0 Å². The van der Waals surface area contributed by atoms with Crippen LogP contribution in [-0.4, -0.2) is 115 Å². The molecule has 4 fully saturated rings. The quantitative estimate of drug-likeness (QED) is 0.0805. The number of benzene rings is 2. The number of amides is 2. The minimum absolute atomic E-state index is 0.143. The smallest absolute Gasteiger partial charge is 0.372 e. The summed E-state index contributed by atoms with van der Waals surface area (Å²) in [5.74, 6) is -0.377. The summed E-state index contributed by atoms with van der Waals surface area (Å²) in [7, 11) is 4.45. The van der Waals surface area contributed by atoms with E-state index >= 15 is 0 Å². The number of aryl methyl sites for hydroxylation is 2. The second-order valence-corrected chi connectivity index (χ2v) is 26.1. The zero-order valence-corrected chi connectivity index (χ0v) is 49.7. The number of hydrogen-bond acceptors (Lipinski definition) is 15. The van der Waals surface area contributed by atoms with Gasteiger partial charge >= 0.3 is 17.8 Å². The van der Waals surface area contributed by atoms with Gasteiger partial charge in [-0.25, -0.2) is 24.7 Å². The van der Waals surface area contributed by atoms with Crippen molar-refractivity contribution in [2.24, 2.45) is 11.8 Å². The third-order valence-corrected chi connectivity index (χ3v) is 19.5. The molecule has 6 atom stereocenters. The van der Waals surface area contributed by atoms with E-state index in [1.54, 1.807) is 28.4 Å². The molecule has 2 unspecified atom stereocenters. The number of rotatable bonds is 10. The van der Waals surface area contributed by atoms with Crippen LogP contribution in [0.25, 0.3) is 20.4 Å². The van der Waals surface area contributed by atoms with Gasteiger partial charge in [-0.1, -0.05) is 45.9 Å². The average Bonchev–Trinajstić information content (AvgIpc) is 4.07. The Labute approximate surface area is 474 Å². The molecule has 0 spiro atoms. The molecule has 2 aromatic carbocycles. The zero-order chi connectivity index (χ0) is 56.9. The molecule has 0 saturated carbocycles. The number of carboxylic acids is 1. The number of piperidine rings is 4. The summed E-state index contributed by atoms with van der Waals surface area (Å²) >= 11 is 3.70. The summed E-state index contributed by atoms with van der Waals surface area (Å²) in [6.45, 7) is 21.6. The number of hydrogen-bond donors (Lipinski definition) is 5. The Balaban J connectivity index is 0.000000175. The monoisotopic (exact) mass is 1110 g/mol. The van der Waals surface area contributed by atoms with Gasteiger partial charge in [0.2, 0.25) is 5.78 Å². The van der Waals surface area contributed by atoms with Crippen molar-refractivity contribution < 1.29 is 24.3 Å². The average molecular weight is 1110 g/mol. The number of carbonyl (C=O) groups excluding carboxylic acids is 3. The number of likely N-dealkylation sites (tertiary alicyclic amines) is 3. The lowest BCUT2D eigenvalue weighted by molar-refractivity contribution is -0.148. The predicted molar refractivity (Wildman–Crippen MR) is 320 cm³/mol. The van der Waals surface area contributed by atoms with Crippen molar-refractivity contribution in [3.63, 3.8) is 0 Å². The molecule has 18 heteroatoms. The summed E-state index contributed by atoms with van der Waals surface area (Å²) in [4.78, 5) is 72.7. The van der Waals surface area contributed by atoms with Crippen molar-refractivity contribution in [3.8, 4) is 0 Å². The maximum atomic E-state index is 13.5. The third-order valence-electron chi connectivity index (χ3n) is 17.1. The van der Waals surface area contributed by atoms with Crippen LogP contribution in [0.2, 0.25) is 0 Å². The molecule has 4 aliphatic heterocycles. The van der Waals surface area contributed by atoms with E-state index in [4.69, 9.17) is 26.5 Å². The van der Waals surface area contributed by atoms with Gasteiger partial charge in [-0.15, -0.1) is 22.7 Å². The van der Waals surface area contributed by atoms with Crippen molar-refractivity contribution in [2.75, 3.05) is 57.1 Å². The number of anilines is 3. The standard InChI is InChI=1S/C30H40N6O2S.C21H31N3S.C10H12N2O3/c1-6-19-13-22(16-32-26(19)31)33-27(37)29(38)36-17-18(2)7-9-24(36)20-8-10-25-23(14-20)34-28(39-25)21-11-12-35(5)30(3,4)15-21;1-14-5-7-17(22-13-14)15-6-8-19-18(11-15)23-20(25-19)16-9-10-24(4)21(2,3)12-16;1-2-7-3-6(5-12-9(7)11)4-8(13)10(14)15/h8,10,13-14,16,18,21,24H,6-7,9,11-12,15,17H2,1-5H3,(H2,31,32)(H,33,37);6,8,11,14,16-17,22H,5,7,9-10,12-13H2,1-4H3;3,5H,2,4H2,1H3,(H2,11,12)(H,14,15)/t18-,21?,24+;14-,16?,17+;/m00./s1. The molecular formula is C61H83N11O5S2. The first kappa shape index (κ1) is 59.2. The number of pyridine rings is 2. The van der Waals surface area contributed by atoms with Gasteiger partial charge in [0, 0.05) is 48.1 Å². The van der Waals surface area contributed by atoms with Crippen molar-refractivity contribution in [1.82, 2.24) is 40.0 Å². The summed E-state index contributed by atoms with van der Waals surface area (Å²) in [6.07, 6.45) is 13.2. The van der Waals surface area contributed by atoms with Gasteiger partial charge in [0.05, 0.1) is 48.4 Å². The number of aliphatic carboxylic acids is 1. The van der Waals surface area contributed by atoms with Crippen LogP contribution in [0.1, 0.15) is 169 Å². The van der Waals surface area contributed by atoms with Crippen LogP contribution in [0.5, 0.6) is 0 Å². The van der Waals surface area contributed by atoms with Crippen LogP contribution in [0.15, 0.2) is 60.9 Å². The van der Waals surface area contributed by atoms with E-state index < -0.39 is 23.6 Å². The highest BCUT2D eigenvalue weighted by molar-refractivity contribution is 7.19. The van der Waals surface area contributed by atoms with Crippen molar-refractivity contribution in [2.45, 2.75) is 161 Å². The molecule has 0 radical (unpaired) electrons. The molecule has 0 aliphatic carbocycles. The molecule has 8 heterocycles. The number of carboxylic acid groups (broad SMARTS) is 1. The lowest BCUT2D eigenvalue weighted by atomic mass is 9.83. The molecule has 16 nitrogen and oxygen atoms in total. The number of Topliss-reactive ketones (excluding diaryl/α,β-unsaturated/α-hetero) is 1. The van der Waals surface area contributed by atoms with Crippen LogP contribution >= 0.6 is 22.7 Å². The van der Waals surface area contributed by atoms with Gasteiger partial charge in [-0.05, 0) is 196 Å². The molecule has 79 heavy (non-hydrogen) atoms. The maximum absolute atomic E-state index is 13.5. The van der Waals surface area contributed by atoms with E-state index in [0.29, 0.717) is 66.1 Å². The Bertz CT molecular complexity index is 3150. The molecular weight excluding hydrogens is 1030 g/mol. The van der Waals surface area contributed by atoms with E-state index in [9.17, 15) is 19.2 Å². The number of nitrogen functional groups attached to an aromatic ring is 2. The van der Waals surface area contributed by atoms with Gasteiger partial charge < -0.3 is 41.9 Å². The largest absolute Gasteiger partial charge is 0.475 e. The minimum atomic E-state index is -1.43. The number of nitrogens with two attached hydrogens (primary N) is 2. The number of fused-ring (bicyclic) bond motifs is 2. The maximum Gasteiger partial charge on any atom is 0.372 e. The Morgan fingerprint density at radius 1 is 0.722 bits per heavy atom. The van der Waals surface area contributed by atoms with Crippen molar-refractivity contribution >= 4 is 84.0 Å². The molecule has 7 N–H and O–H groups in total. The number of thiazole rings is 2. The summed E-state index contributed by atoms with van der Waals surface area (Å²) in [5.41, 5.74) is 19.3. The van der Waals surface area contributed by atoms with Crippen molar-refractivity contribution in [1.29, 1.82) is 0 Å². The number of nitrogens with zero attached hydrogens (tertiary/aromatic N) is 7. The van der Waals surface area contributed by atoms with E-state index in [1.165, 1.54) is 75.1 Å². The van der Waals surface area contributed by atoms with E-state index in [0.717, 1.165) is 66.9 Å². The lowest BCUT2D eigenvalue weighted by Crippen LogP contribution is -2.46. The molecule has 2 amide bonds. The Morgan fingerprint density at radius 2 is 1.27 bits per heavy atom. The normalized spacial score (nSPS) is 23.2. The number of nitrogens with one attached hydrogen (secondary N) is 2. The Hall–Kier alpha value is -5.92. The molecule has 4 saturated heterocycles. The predicted octanol–water partition coefficient (Wildman–Crippen LogP) is 10.7. The van der Waals surface area contributed by atoms with E-state index in [2.05, 4.69) is 122 Å². The van der Waals surface area contributed by atoms with Gasteiger partial charge in [0.25, 0.3) is 0 Å². The van der Waals surface area contributed by atoms with Gasteiger partial charge in [-0.3, -0.25) is 14.4 Å². The van der Waals surface area contributed by atoms with Crippen LogP contribution in [0.4, 0.5) is 17.3 Å². The van der Waals surface area contributed by atoms with Crippen LogP contribution in [-0.2, 0) is 38.4 Å². The summed E-state index contributed by atoms with van der Waals surface area (Å²) in [6, 6.07) is 17.2.